The second-order valence-corrected chi connectivity index (χ2v) is 13.2. The molecule has 1 saturated heterocycles. The Balaban J connectivity index is 1.50. The van der Waals surface area contributed by atoms with Gasteiger partial charge >= 0.3 is 206 Å². The van der Waals surface area contributed by atoms with Crippen molar-refractivity contribution >= 4 is 41.8 Å². The first-order valence-corrected chi connectivity index (χ1v) is 15.6. The van der Waals surface area contributed by atoms with Crippen LogP contribution in [0.25, 0.3) is 16.8 Å². The molecule has 34 heavy (non-hydrogen) atoms. The van der Waals surface area contributed by atoms with Crippen molar-refractivity contribution in [2.45, 2.75) is 49.0 Å². The fraction of sp³-hybridized carbons (Fsp3) is 0.478. The number of carbonyl (C=O) groups excluding carboxylic acids is 1. The van der Waals surface area contributed by atoms with Crippen LogP contribution in [0.3, 0.4) is 0 Å². The van der Waals surface area contributed by atoms with Gasteiger partial charge < -0.3 is 0 Å². The van der Waals surface area contributed by atoms with E-state index in [1.54, 1.807) is 10.7 Å². The van der Waals surface area contributed by atoms with Crippen LogP contribution >= 0.6 is 0 Å². The Morgan fingerprint density at radius 2 is 1.97 bits per heavy atom. The van der Waals surface area contributed by atoms with Crippen molar-refractivity contribution in [3.05, 3.63) is 35.5 Å². The summed E-state index contributed by atoms with van der Waals surface area (Å²) in [6, 6.07) is 5.89. The van der Waals surface area contributed by atoms with E-state index in [2.05, 4.69) is 20.4 Å². The molecule has 9 nitrogen and oxygen atoms in total. The van der Waals surface area contributed by atoms with E-state index in [1.807, 2.05) is 25.1 Å². The van der Waals surface area contributed by atoms with E-state index in [0.29, 0.717) is 27.8 Å². The first-order valence-electron chi connectivity index (χ1n) is 11.4. The summed E-state index contributed by atoms with van der Waals surface area (Å²) < 4.78 is 32.6. The molecule has 1 saturated carbocycles. The number of aromatic nitrogens is 4. The topological polar surface area (TPSA) is 116 Å². The molecule has 3 aromatic rings. The van der Waals surface area contributed by atoms with Crippen molar-refractivity contribution in [3.63, 3.8) is 0 Å². The van der Waals surface area contributed by atoms with Crippen molar-refractivity contribution in [3.8, 4) is 11.1 Å². The third-order valence-electron chi connectivity index (χ3n) is 6.19. The van der Waals surface area contributed by atoms with Gasteiger partial charge in [-0.25, -0.2) is 0 Å². The minimum absolute atomic E-state index is 0.0625. The Kier molecular flexibility index (Phi) is 6.48. The van der Waals surface area contributed by atoms with Gasteiger partial charge in [-0.05, 0) is 0 Å². The number of ether oxygens (including phenoxy) is 1. The maximum absolute atomic E-state index is 12.5. The summed E-state index contributed by atoms with van der Waals surface area (Å²) >= 11 is -0.396. The predicted octanol–water partition coefficient (Wildman–Crippen LogP) is 1.57. The number of amides is 1. The number of hydrogen-bond acceptors (Lipinski definition) is 7. The summed E-state index contributed by atoms with van der Waals surface area (Å²) in [5.74, 6) is 0.500. The zero-order valence-electron chi connectivity index (χ0n) is 19.2. The normalized spacial score (nSPS) is 17.6. The predicted molar refractivity (Wildman–Crippen MR) is 128 cm³/mol. The number of nitrogens with zero attached hydrogens (tertiary/aromatic N) is 4. The monoisotopic (exact) mass is 544 g/mol. The fourth-order valence-electron chi connectivity index (χ4n) is 4.03. The molecule has 3 heterocycles. The molecule has 1 aliphatic carbocycles. The SMILES string of the molecule is Cc1cc(-c2cnn3c([As]CC4CCOCC4)nc(S(C)(=O)=O)nc23)ccc1C(=O)NC1CC1. The maximum atomic E-state index is 12.5. The molecule has 5 rings (SSSR count). The number of aryl methyl sites for hydroxylation is 1. The Labute approximate surface area is 205 Å². The minimum atomic E-state index is -3.59. The number of nitrogens with one attached hydrogen (secondary N) is 1. The van der Waals surface area contributed by atoms with E-state index in [9.17, 15) is 13.2 Å². The second-order valence-electron chi connectivity index (χ2n) is 9.05. The number of fused-ring (bicyclic) bond motifs is 1. The van der Waals surface area contributed by atoms with Crippen LogP contribution in [0.15, 0.2) is 29.6 Å². The number of rotatable bonds is 7. The Morgan fingerprint density at radius 3 is 2.65 bits per heavy atom. The van der Waals surface area contributed by atoms with Gasteiger partial charge in [-0.3, -0.25) is 0 Å². The van der Waals surface area contributed by atoms with Crippen molar-refractivity contribution in [2.75, 3.05) is 19.5 Å². The standard InChI is InChI=1S/C23H27AsN5O4S/c1-14-11-16(3-6-18(14)21(30)26-17-4-5-17)19-13-25-29-20(19)27-23(34(2,31)32)28-22(29)24-12-15-7-9-33-10-8-15/h3,6,11,13,15,17H,4-5,7-10,12H2,1-2H3,(H,26,30). The molecule has 2 fully saturated rings. The zero-order chi connectivity index (χ0) is 23.9. The molecule has 1 N–H and O–H groups in total. The molecule has 179 valence electrons. The molecule has 1 radical (unpaired) electrons. The van der Waals surface area contributed by atoms with Crippen molar-refractivity contribution in [1.82, 2.24) is 24.9 Å². The van der Waals surface area contributed by atoms with Gasteiger partial charge in [0.15, 0.2) is 0 Å². The van der Waals surface area contributed by atoms with Gasteiger partial charge in [0.2, 0.25) is 0 Å². The van der Waals surface area contributed by atoms with Crippen LogP contribution in [-0.4, -0.2) is 75.2 Å². The number of hydrogen-bond donors (Lipinski definition) is 1. The molecule has 2 aliphatic rings. The van der Waals surface area contributed by atoms with Crippen LogP contribution in [0.1, 0.15) is 41.6 Å². The third kappa shape index (κ3) is 5.04. The van der Waals surface area contributed by atoms with Gasteiger partial charge in [-0.2, -0.15) is 0 Å². The molecular weight excluding hydrogens is 517 g/mol. The molecular formula is C23H27AsN5O4S. The molecule has 11 heteroatoms. The van der Waals surface area contributed by atoms with Crippen molar-refractivity contribution in [1.29, 1.82) is 0 Å². The Morgan fingerprint density at radius 1 is 1.21 bits per heavy atom. The molecule has 0 bridgehead atoms. The molecule has 1 amide bonds. The number of benzene rings is 1. The van der Waals surface area contributed by atoms with E-state index in [1.165, 1.54) is 0 Å². The molecule has 0 spiro atoms. The van der Waals surface area contributed by atoms with E-state index in [0.717, 1.165) is 67.1 Å². The summed E-state index contributed by atoms with van der Waals surface area (Å²) in [5.41, 5.74) is 3.51. The summed E-state index contributed by atoms with van der Waals surface area (Å²) in [6.07, 6.45) is 6.94. The van der Waals surface area contributed by atoms with Crippen LogP contribution in [0.4, 0.5) is 0 Å². The fourth-order valence-corrected chi connectivity index (χ4v) is 7.27. The molecule has 0 unspecified atom stereocenters. The molecule has 1 aromatic carbocycles. The zero-order valence-corrected chi connectivity index (χ0v) is 21.9. The van der Waals surface area contributed by atoms with Crippen LogP contribution < -0.4 is 9.93 Å². The van der Waals surface area contributed by atoms with Crippen LogP contribution in [-0.2, 0) is 14.6 Å². The molecule has 2 aromatic heterocycles. The van der Waals surface area contributed by atoms with Crippen LogP contribution in [0.5, 0.6) is 0 Å². The van der Waals surface area contributed by atoms with Gasteiger partial charge in [0.1, 0.15) is 0 Å². The molecule has 0 atom stereocenters. The Bertz CT molecular complexity index is 1350. The Hall–Kier alpha value is -2.29. The number of carbonyl (C=O) groups is 1. The van der Waals surface area contributed by atoms with Gasteiger partial charge in [0, 0.05) is 0 Å². The van der Waals surface area contributed by atoms with E-state index in [-0.39, 0.29) is 11.1 Å². The van der Waals surface area contributed by atoms with Crippen LogP contribution in [0.2, 0.25) is 5.21 Å². The molecule has 1 aliphatic heterocycles. The summed E-state index contributed by atoms with van der Waals surface area (Å²) in [4.78, 5) is 21.3. The van der Waals surface area contributed by atoms with E-state index >= 15 is 0 Å². The average Bonchev–Trinajstić information content (AvgIpc) is 3.51. The quantitative estimate of drug-likeness (QED) is 0.449. The van der Waals surface area contributed by atoms with Crippen molar-refractivity contribution < 1.29 is 17.9 Å². The summed E-state index contributed by atoms with van der Waals surface area (Å²) in [5, 5.41) is 8.36. The first kappa shape index (κ1) is 23.5. The third-order valence-corrected chi connectivity index (χ3v) is 9.70. The van der Waals surface area contributed by atoms with Crippen LogP contribution in [0, 0.1) is 12.8 Å². The second kappa shape index (κ2) is 9.40. The van der Waals surface area contributed by atoms with E-state index < -0.39 is 25.6 Å². The first-order chi connectivity index (χ1) is 16.3. The average molecular weight is 544 g/mol. The summed E-state index contributed by atoms with van der Waals surface area (Å²) in [7, 11) is -3.59. The van der Waals surface area contributed by atoms with E-state index in [4.69, 9.17) is 4.74 Å². The van der Waals surface area contributed by atoms with Gasteiger partial charge in [-0.15, -0.1) is 0 Å². The van der Waals surface area contributed by atoms with Gasteiger partial charge in [0.05, 0.1) is 0 Å². The number of sulfone groups is 1. The van der Waals surface area contributed by atoms with Crippen molar-refractivity contribution in [2.24, 2.45) is 5.92 Å². The van der Waals surface area contributed by atoms with Gasteiger partial charge in [0.25, 0.3) is 0 Å². The summed E-state index contributed by atoms with van der Waals surface area (Å²) in [6.45, 7) is 3.46. The van der Waals surface area contributed by atoms with Gasteiger partial charge in [-0.1, -0.05) is 0 Å².